The number of nitrogens with one attached hydrogen (secondary N) is 1. The molecule has 0 bridgehead atoms. The summed E-state index contributed by atoms with van der Waals surface area (Å²) in [5.74, 6) is 0.262. The normalized spacial score (nSPS) is 15.4. The molecule has 7 heteroatoms. The van der Waals surface area contributed by atoms with Crippen LogP contribution in [0.25, 0.3) is 17.1 Å². The molecule has 2 heterocycles. The van der Waals surface area contributed by atoms with Gasteiger partial charge in [0.15, 0.2) is 0 Å². The Hall–Kier alpha value is -3.61. The van der Waals surface area contributed by atoms with Gasteiger partial charge in [-0.1, -0.05) is 83.9 Å². The number of aryl methyl sites for hydroxylation is 3. The van der Waals surface area contributed by atoms with Crippen molar-refractivity contribution in [3.63, 3.8) is 0 Å². The maximum absolute atomic E-state index is 14.0. The number of fused-ring (bicyclic) bond motifs is 1. The smallest absolute Gasteiger partial charge is 0.246 e. The number of aliphatic hydroxyl groups is 1. The summed E-state index contributed by atoms with van der Waals surface area (Å²) in [5, 5.41) is 19.1. The molecular weight excluding hydrogens is 520 g/mol. The van der Waals surface area contributed by atoms with Crippen molar-refractivity contribution in [3.05, 3.63) is 107 Å². The Morgan fingerprint density at radius 1 is 1.00 bits per heavy atom. The van der Waals surface area contributed by atoms with Crippen LogP contribution in [-0.4, -0.2) is 50.6 Å². The molecule has 1 aromatic heterocycles. The number of imidazole rings is 1. The van der Waals surface area contributed by atoms with Gasteiger partial charge in [-0.25, -0.2) is 0 Å². The van der Waals surface area contributed by atoms with Crippen LogP contribution in [0.1, 0.15) is 34.7 Å². The van der Waals surface area contributed by atoms with Crippen LogP contribution in [0.2, 0.25) is 0 Å². The largest absolute Gasteiger partial charge is 0.396 e. The third kappa shape index (κ3) is 5.65. The zero-order valence-corrected chi connectivity index (χ0v) is 23.9. The Morgan fingerprint density at radius 3 is 2.25 bits per heavy atom. The number of hydrogen-bond acceptors (Lipinski definition) is 3. The van der Waals surface area contributed by atoms with Crippen molar-refractivity contribution in [1.29, 1.82) is 5.41 Å². The number of hydrogen-bond donors (Lipinski definition) is 2. The molecule has 0 radical (unpaired) electrons. The first-order valence-corrected chi connectivity index (χ1v) is 14.4. The summed E-state index contributed by atoms with van der Waals surface area (Å²) in [6.45, 7) is 5.55. The van der Waals surface area contributed by atoms with E-state index in [0.717, 1.165) is 34.1 Å². The van der Waals surface area contributed by atoms with Crippen LogP contribution in [0.15, 0.2) is 78.9 Å². The van der Waals surface area contributed by atoms with E-state index in [2.05, 4.69) is 67.6 Å². The number of para-hydroxylation sites is 2. The maximum Gasteiger partial charge on any atom is 0.246 e. The molecule has 3 aromatic carbocycles. The van der Waals surface area contributed by atoms with Gasteiger partial charge in [-0.15, -0.1) is 11.6 Å². The molecule has 1 unspecified atom stereocenters. The Bertz CT molecular complexity index is 1560. The van der Waals surface area contributed by atoms with Crippen molar-refractivity contribution in [1.82, 2.24) is 14.0 Å². The highest BCUT2D eigenvalue weighted by Crippen LogP contribution is 2.34. The first-order valence-electron chi connectivity index (χ1n) is 13.8. The Kier molecular flexibility index (Phi) is 8.29. The van der Waals surface area contributed by atoms with E-state index in [-0.39, 0.29) is 12.5 Å². The highest BCUT2D eigenvalue weighted by molar-refractivity contribution is 6.18. The van der Waals surface area contributed by atoms with E-state index in [1.165, 1.54) is 5.56 Å². The van der Waals surface area contributed by atoms with Gasteiger partial charge >= 0.3 is 0 Å². The molecule has 1 aliphatic rings. The van der Waals surface area contributed by atoms with Gasteiger partial charge in [0.05, 0.1) is 17.6 Å². The molecule has 0 spiro atoms. The molecule has 1 amide bonds. The SMILES string of the molecule is Cc1ccc(C=CCCn2c(=N)n(C(Cc3ccc(C)cc3)C(=O)N3CC(CO)(CCl)C3)c3ccccc32)cc1. The summed E-state index contributed by atoms with van der Waals surface area (Å²) in [6, 6.07) is 24.0. The number of likely N-dealkylation sites (tertiary alicyclic amines) is 1. The van der Waals surface area contributed by atoms with E-state index in [1.807, 2.05) is 40.3 Å². The summed E-state index contributed by atoms with van der Waals surface area (Å²) in [6.07, 6.45) is 5.48. The van der Waals surface area contributed by atoms with Gasteiger partial charge in [-0.05, 0) is 43.5 Å². The quantitative estimate of drug-likeness (QED) is 0.254. The van der Waals surface area contributed by atoms with E-state index in [1.54, 1.807) is 4.90 Å². The number of halogens is 1. The zero-order chi connectivity index (χ0) is 28.3. The van der Waals surface area contributed by atoms with Gasteiger partial charge in [0.1, 0.15) is 6.04 Å². The van der Waals surface area contributed by atoms with Crippen molar-refractivity contribution >= 4 is 34.6 Å². The predicted molar refractivity (Wildman–Crippen MR) is 161 cm³/mol. The molecule has 2 N–H and O–H groups in total. The van der Waals surface area contributed by atoms with Crippen LogP contribution in [0, 0.1) is 24.7 Å². The van der Waals surface area contributed by atoms with Gasteiger partial charge in [-0.3, -0.25) is 14.8 Å². The Labute approximate surface area is 240 Å². The molecule has 0 aliphatic carbocycles. The molecule has 5 rings (SSSR count). The first-order chi connectivity index (χ1) is 19.3. The lowest BCUT2D eigenvalue weighted by Gasteiger charge is -2.49. The topological polar surface area (TPSA) is 74.2 Å². The predicted octanol–water partition coefficient (Wildman–Crippen LogP) is 5.49. The van der Waals surface area contributed by atoms with Gasteiger partial charge in [0, 0.05) is 37.4 Å². The highest BCUT2D eigenvalue weighted by Gasteiger charge is 2.46. The summed E-state index contributed by atoms with van der Waals surface area (Å²) < 4.78 is 3.89. The van der Waals surface area contributed by atoms with Crippen LogP contribution in [0.4, 0.5) is 0 Å². The van der Waals surface area contributed by atoms with Gasteiger partial charge in [0.25, 0.3) is 0 Å². The number of benzene rings is 3. The molecule has 1 fully saturated rings. The van der Waals surface area contributed by atoms with E-state index >= 15 is 0 Å². The summed E-state index contributed by atoms with van der Waals surface area (Å²) in [4.78, 5) is 15.8. The average molecular weight is 557 g/mol. The number of rotatable bonds is 10. The van der Waals surface area contributed by atoms with Crippen molar-refractivity contribution in [2.75, 3.05) is 25.6 Å². The number of carbonyl (C=O) groups is 1. The fourth-order valence-corrected chi connectivity index (χ4v) is 5.74. The Morgan fingerprint density at radius 2 is 1.62 bits per heavy atom. The lowest BCUT2D eigenvalue weighted by molar-refractivity contribution is -0.148. The van der Waals surface area contributed by atoms with Gasteiger partial charge < -0.3 is 14.6 Å². The van der Waals surface area contributed by atoms with Crippen molar-refractivity contribution in [2.45, 2.75) is 39.3 Å². The molecular formula is C33H37ClN4O2. The molecule has 0 saturated carbocycles. The van der Waals surface area contributed by atoms with Crippen LogP contribution < -0.4 is 5.62 Å². The molecule has 1 aliphatic heterocycles. The van der Waals surface area contributed by atoms with Crippen LogP contribution in [0.3, 0.4) is 0 Å². The summed E-state index contributed by atoms with van der Waals surface area (Å²) in [7, 11) is 0. The minimum absolute atomic E-state index is 0.0459. The average Bonchev–Trinajstić information content (AvgIpc) is 3.22. The van der Waals surface area contributed by atoms with Crippen LogP contribution >= 0.6 is 11.6 Å². The highest BCUT2D eigenvalue weighted by atomic mass is 35.5. The number of allylic oxidation sites excluding steroid dienone is 1. The first kappa shape index (κ1) is 27.9. The number of aromatic nitrogens is 2. The fraction of sp³-hybridized carbons (Fsp3) is 0.333. The lowest BCUT2D eigenvalue weighted by atomic mass is 9.82. The second kappa shape index (κ2) is 11.9. The number of alkyl halides is 1. The number of carbonyl (C=O) groups excluding carboxylic acids is 1. The van der Waals surface area contributed by atoms with E-state index < -0.39 is 11.5 Å². The number of aliphatic hydroxyl groups excluding tert-OH is 1. The van der Waals surface area contributed by atoms with Gasteiger partial charge in [-0.2, -0.15) is 0 Å². The summed E-state index contributed by atoms with van der Waals surface area (Å²) >= 11 is 6.14. The van der Waals surface area contributed by atoms with Crippen LogP contribution in [-0.2, 0) is 17.8 Å². The molecule has 40 heavy (non-hydrogen) atoms. The monoisotopic (exact) mass is 556 g/mol. The van der Waals surface area contributed by atoms with Crippen molar-refractivity contribution in [2.24, 2.45) is 5.41 Å². The van der Waals surface area contributed by atoms with Gasteiger partial charge in [0.2, 0.25) is 11.5 Å². The Balaban J connectivity index is 1.48. The minimum atomic E-state index is -0.587. The fourth-order valence-electron chi connectivity index (χ4n) is 5.49. The van der Waals surface area contributed by atoms with E-state index in [9.17, 15) is 15.3 Å². The van der Waals surface area contributed by atoms with Crippen molar-refractivity contribution < 1.29 is 9.90 Å². The molecule has 1 saturated heterocycles. The lowest BCUT2D eigenvalue weighted by Crippen LogP contribution is -2.62. The standard InChI is InChI=1S/C33H37ClN4O2/c1-24-10-14-26(15-11-24)7-5-6-18-37-28-8-3-4-9-29(28)38(32(37)35)30(19-27-16-12-25(2)13-17-27)31(40)36-21-33(20-34,22-36)23-39/h3-5,7-17,30,35,39H,6,18-23H2,1-2H3. The number of nitrogens with zero attached hydrogens (tertiary/aromatic N) is 3. The second-order valence-electron chi connectivity index (χ2n) is 11.1. The molecule has 1 atom stereocenters. The zero-order valence-electron chi connectivity index (χ0n) is 23.2. The molecule has 4 aromatic rings. The van der Waals surface area contributed by atoms with Crippen molar-refractivity contribution in [3.8, 4) is 0 Å². The van der Waals surface area contributed by atoms with E-state index in [4.69, 9.17) is 11.6 Å². The second-order valence-corrected chi connectivity index (χ2v) is 11.4. The summed E-state index contributed by atoms with van der Waals surface area (Å²) in [5.41, 5.74) is 6.25. The van der Waals surface area contributed by atoms with E-state index in [0.29, 0.717) is 37.6 Å². The maximum atomic E-state index is 14.0. The third-order valence-electron chi connectivity index (χ3n) is 7.95. The molecule has 6 nitrogen and oxygen atoms in total. The number of amides is 1. The third-order valence-corrected chi connectivity index (χ3v) is 8.52. The molecule has 208 valence electrons. The van der Waals surface area contributed by atoms with Crippen LogP contribution in [0.5, 0.6) is 0 Å². The minimum Gasteiger partial charge on any atom is -0.396 e.